The van der Waals surface area contributed by atoms with Crippen LogP contribution in [0.4, 0.5) is 0 Å². The van der Waals surface area contributed by atoms with E-state index in [1.54, 1.807) is 12.1 Å². The number of nitrogens with zero attached hydrogens (tertiary/aromatic N) is 1. The van der Waals surface area contributed by atoms with E-state index in [1.165, 1.54) is 0 Å². The largest absolute Gasteiger partial charge is 0.342 e. The Bertz CT molecular complexity index is 698. The normalized spacial score (nSPS) is 12.8. The van der Waals surface area contributed by atoms with Gasteiger partial charge in [-0.15, -0.1) is 0 Å². The summed E-state index contributed by atoms with van der Waals surface area (Å²) in [6.07, 6.45) is 0.633. The predicted molar refractivity (Wildman–Crippen MR) is 83.2 cm³/mol. The molecule has 0 aliphatic heterocycles. The SMILES string of the molecule is NC(Cc1nc2cc(Cl)c(Cl)cc2[nH]1)c1ccccc1. The van der Waals surface area contributed by atoms with E-state index < -0.39 is 0 Å². The number of nitrogens with two attached hydrogens (primary N) is 1. The summed E-state index contributed by atoms with van der Waals surface area (Å²) in [6, 6.07) is 13.4. The molecule has 1 unspecified atom stereocenters. The maximum absolute atomic E-state index is 6.20. The van der Waals surface area contributed by atoms with Gasteiger partial charge in [0.1, 0.15) is 5.82 Å². The van der Waals surface area contributed by atoms with Crippen LogP contribution in [0, 0.1) is 0 Å². The lowest BCUT2D eigenvalue weighted by molar-refractivity contribution is 0.696. The maximum Gasteiger partial charge on any atom is 0.109 e. The molecular formula is C15H13Cl2N3. The Kier molecular flexibility index (Phi) is 3.66. The lowest BCUT2D eigenvalue weighted by Gasteiger charge is -2.09. The molecule has 0 radical (unpaired) electrons. The van der Waals surface area contributed by atoms with Gasteiger partial charge in [-0.1, -0.05) is 53.5 Å². The van der Waals surface area contributed by atoms with Crippen molar-refractivity contribution in [1.82, 2.24) is 9.97 Å². The molecule has 1 heterocycles. The number of nitrogens with one attached hydrogen (secondary N) is 1. The zero-order valence-electron chi connectivity index (χ0n) is 10.6. The Morgan fingerprint density at radius 1 is 1.10 bits per heavy atom. The lowest BCUT2D eigenvalue weighted by Crippen LogP contribution is -2.13. The molecule has 20 heavy (non-hydrogen) atoms. The Balaban J connectivity index is 1.88. The highest BCUT2D eigenvalue weighted by molar-refractivity contribution is 6.42. The van der Waals surface area contributed by atoms with Crippen molar-refractivity contribution in [2.24, 2.45) is 5.73 Å². The third kappa shape index (κ3) is 2.66. The van der Waals surface area contributed by atoms with E-state index in [9.17, 15) is 0 Å². The van der Waals surface area contributed by atoms with Crippen LogP contribution in [0.2, 0.25) is 10.0 Å². The molecule has 0 spiro atoms. The fraction of sp³-hybridized carbons (Fsp3) is 0.133. The third-order valence-electron chi connectivity index (χ3n) is 3.21. The highest BCUT2D eigenvalue weighted by Crippen LogP contribution is 2.27. The van der Waals surface area contributed by atoms with Crippen LogP contribution in [-0.4, -0.2) is 9.97 Å². The molecule has 0 aliphatic rings. The molecule has 0 saturated heterocycles. The number of halogens is 2. The van der Waals surface area contributed by atoms with Gasteiger partial charge in [0.05, 0.1) is 21.1 Å². The molecule has 3 nitrogen and oxygen atoms in total. The second-order valence-electron chi connectivity index (χ2n) is 4.69. The van der Waals surface area contributed by atoms with E-state index in [1.807, 2.05) is 30.3 Å². The minimum atomic E-state index is -0.0947. The van der Waals surface area contributed by atoms with Crippen molar-refractivity contribution < 1.29 is 0 Å². The number of hydrogen-bond donors (Lipinski definition) is 2. The molecular weight excluding hydrogens is 293 g/mol. The monoisotopic (exact) mass is 305 g/mol. The first-order valence-corrected chi connectivity index (χ1v) is 7.03. The number of H-pyrrole nitrogens is 1. The third-order valence-corrected chi connectivity index (χ3v) is 3.94. The predicted octanol–water partition coefficient (Wildman–Crippen LogP) is 4.11. The summed E-state index contributed by atoms with van der Waals surface area (Å²) < 4.78 is 0. The van der Waals surface area contributed by atoms with Crippen LogP contribution in [0.1, 0.15) is 17.4 Å². The van der Waals surface area contributed by atoms with Gasteiger partial charge < -0.3 is 10.7 Å². The summed E-state index contributed by atoms with van der Waals surface area (Å²) in [4.78, 5) is 7.73. The summed E-state index contributed by atoms with van der Waals surface area (Å²) in [5.74, 6) is 0.828. The lowest BCUT2D eigenvalue weighted by atomic mass is 10.0. The van der Waals surface area contributed by atoms with Gasteiger partial charge in [0.2, 0.25) is 0 Å². The number of benzene rings is 2. The zero-order chi connectivity index (χ0) is 14.1. The minimum absolute atomic E-state index is 0.0947. The Labute approximate surface area is 126 Å². The molecule has 0 aliphatic carbocycles. The molecule has 3 N–H and O–H groups in total. The Morgan fingerprint density at radius 2 is 1.80 bits per heavy atom. The molecule has 0 bridgehead atoms. The van der Waals surface area contributed by atoms with Crippen molar-refractivity contribution in [2.45, 2.75) is 12.5 Å². The summed E-state index contributed by atoms with van der Waals surface area (Å²) in [5.41, 5.74) is 8.95. The van der Waals surface area contributed by atoms with E-state index in [-0.39, 0.29) is 6.04 Å². The van der Waals surface area contributed by atoms with Crippen molar-refractivity contribution in [3.63, 3.8) is 0 Å². The van der Waals surface area contributed by atoms with Crippen molar-refractivity contribution in [3.05, 3.63) is 63.9 Å². The first-order valence-electron chi connectivity index (χ1n) is 6.27. The highest BCUT2D eigenvalue weighted by atomic mass is 35.5. The van der Waals surface area contributed by atoms with E-state index in [2.05, 4.69) is 9.97 Å². The average molecular weight is 306 g/mol. The van der Waals surface area contributed by atoms with Gasteiger partial charge in [-0.3, -0.25) is 0 Å². The molecule has 1 atom stereocenters. The van der Waals surface area contributed by atoms with Crippen LogP contribution in [0.5, 0.6) is 0 Å². The number of aromatic amines is 1. The standard InChI is InChI=1S/C15H13Cl2N3/c16-10-6-13-14(7-11(10)17)20-15(19-13)8-12(18)9-4-2-1-3-5-9/h1-7,12H,8,18H2,(H,19,20). The smallest absolute Gasteiger partial charge is 0.109 e. The molecule has 0 saturated carbocycles. The van der Waals surface area contributed by atoms with Gasteiger partial charge >= 0.3 is 0 Å². The van der Waals surface area contributed by atoms with E-state index in [0.717, 1.165) is 22.4 Å². The molecule has 3 aromatic rings. The number of rotatable bonds is 3. The average Bonchev–Trinajstić information content (AvgIpc) is 2.81. The highest BCUT2D eigenvalue weighted by Gasteiger charge is 2.11. The van der Waals surface area contributed by atoms with Gasteiger partial charge in [-0.25, -0.2) is 4.98 Å². The summed E-state index contributed by atoms with van der Waals surface area (Å²) in [7, 11) is 0. The van der Waals surface area contributed by atoms with Crippen molar-refractivity contribution in [1.29, 1.82) is 0 Å². The fourth-order valence-electron chi connectivity index (χ4n) is 2.18. The molecule has 0 amide bonds. The molecule has 1 aromatic heterocycles. The topological polar surface area (TPSA) is 54.7 Å². The minimum Gasteiger partial charge on any atom is -0.342 e. The van der Waals surface area contributed by atoms with Gasteiger partial charge in [0.15, 0.2) is 0 Å². The quantitative estimate of drug-likeness (QED) is 0.765. The zero-order valence-corrected chi connectivity index (χ0v) is 12.1. The van der Waals surface area contributed by atoms with Gasteiger partial charge in [0.25, 0.3) is 0 Å². The first-order chi connectivity index (χ1) is 9.63. The summed E-state index contributed by atoms with van der Waals surface area (Å²) in [6.45, 7) is 0. The van der Waals surface area contributed by atoms with E-state index >= 15 is 0 Å². The fourth-order valence-corrected chi connectivity index (χ4v) is 2.50. The molecule has 102 valence electrons. The van der Waals surface area contributed by atoms with Gasteiger partial charge in [-0.2, -0.15) is 0 Å². The molecule has 0 fully saturated rings. The number of aromatic nitrogens is 2. The number of imidazole rings is 1. The van der Waals surface area contributed by atoms with Crippen LogP contribution < -0.4 is 5.73 Å². The van der Waals surface area contributed by atoms with Crippen LogP contribution in [0.3, 0.4) is 0 Å². The van der Waals surface area contributed by atoms with Crippen molar-refractivity contribution >= 4 is 34.2 Å². The van der Waals surface area contributed by atoms with E-state index in [0.29, 0.717) is 16.5 Å². The number of fused-ring (bicyclic) bond motifs is 1. The van der Waals surface area contributed by atoms with Crippen LogP contribution in [0.15, 0.2) is 42.5 Å². The Morgan fingerprint density at radius 3 is 2.55 bits per heavy atom. The van der Waals surface area contributed by atoms with Crippen LogP contribution in [-0.2, 0) is 6.42 Å². The molecule has 5 heteroatoms. The van der Waals surface area contributed by atoms with Crippen molar-refractivity contribution in [2.75, 3.05) is 0 Å². The number of hydrogen-bond acceptors (Lipinski definition) is 2. The van der Waals surface area contributed by atoms with Gasteiger partial charge in [0, 0.05) is 12.5 Å². The van der Waals surface area contributed by atoms with Crippen LogP contribution in [0.25, 0.3) is 11.0 Å². The summed E-state index contributed by atoms with van der Waals surface area (Å²) in [5, 5.41) is 1.02. The van der Waals surface area contributed by atoms with E-state index in [4.69, 9.17) is 28.9 Å². The Hall–Kier alpha value is -1.55. The summed E-state index contributed by atoms with van der Waals surface area (Å²) >= 11 is 12.0. The van der Waals surface area contributed by atoms with Crippen LogP contribution >= 0.6 is 23.2 Å². The second kappa shape index (κ2) is 5.44. The second-order valence-corrected chi connectivity index (χ2v) is 5.50. The molecule has 2 aromatic carbocycles. The van der Waals surface area contributed by atoms with Crippen molar-refractivity contribution in [3.8, 4) is 0 Å². The maximum atomic E-state index is 6.20. The first kappa shape index (κ1) is 13.4. The molecule has 3 rings (SSSR count). The van der Waals surface area contributed by atoms with Gasteiger partial charge in [-0.05, 0) is 17.7 Å².